The van der Waals surface area contributed by atoms with E-state index in [1.54, 1.807) is 20.2 Å². The van der Waals surface area contributed by atoms with Gasteiger partial charge in [0.2, 0.25) is 0 Å². The van der Waals surface area contributed by atoms with Gasteiger partial charge in [-0.1, -0.05) is 24.3 Å². The van der Waals surface area contributed by atoms with E-state index in [1.165, 1.54) is 5.56 Å². The molecule has 0 aliphatic heterocycles. The van der Waals surface area contributed by atoms with Gasteiger partial charge in [0.25, 0.3) is 5.91 Å². The number of amides is 1. The smallest absolute Gasteiger partial charge is 0.251 e. The predicted molar refractivity (Wildman–Crippen MR) is 130 cm³/mol. The maximum atomic E-state index is 11.8. The Kier molecular flexibility index (Phi) is 11.1. The van der Waals surface area contributed by atoms with Gasteiger partial charge in [0, 0.05) is 25.7 Å². The van der Waals surface area contributed by atoms with Gasteiger partial charge in [-0.15, -0.1) is 24.0 Å². The summed E-state index contributed by atoms with van der Waals surface area (Å²) in [5.74, 6) is 1.57. The lowest BCUT2D eigenvalue weighted by molar-refractivity contribution is 0.0963. The average Bonchev–Trinajstić information content (AvgIpc) is 2.72. The van der Waals surface area contributed by atoms with Crippen molar-refractivity contribution in [1.29, 1.82) is 0 Å². The number of guanidine groups is 1. The third-order valence-electron chi connectivity index (χ3n) is 4.36. The van der Waals surface area contributed by atoms with Crippen molar-refractivity contribution in [2.45, 2.75) is 26.8 Å². The highest BCUT2D eigenvalue weighted by atomic mass is 127. The minimum atomic E-state index is -0.0932. The number of hydrogen-bond donors (Lipinski definition) is 3. The number of methoxy groups -OCH3 is 1. The van der Waals surface area contributed by atoms with Crippen molar-refractivity contribution < 1.29 is 9.53 Å². The molecule has 2 aromatic carbocycles. The topological polar surface area (TPSA) is 74.8 Å². The van der Waals surface area contributed by atoms with Crippen molar-refractivity contribution in [2.24, 2.45) is 4.99 Å². The minimum Gasteiger partial charge on any atom is -0.496 e. The van der Waals surface area contributed by atoms with E-state index in [-0.39, 0.29) is 29.9 Å². The zero-order valence-electron chi connectivity index (χ0n) is 17.5. The summed E-state index contributed by atoms with van der Waals surface area (Å²) < 4.78 is 5.39. The molecule has 0 spiro atoms. The standard InChI is InChI=1S/C22H30N4O2.HI/c1-5-24-22(25-12-11-17-10-9-16(2)20(14-17)28-4)26-15-18-7-6-8-19(13-18)21(27)23-3;/h6-10,13-14H,5,11-12,15H2,1-4H3,(H,23,27)(H2,24,25,26);1H. The van der Waals surface area contributed by atoms with Crippen LogP contribution in [0.3, 0.4) is 0 Å². The van der Waals surface area contributed by atoms with Crippen molar-refractivity contribution in [3.8, 4) is 5.75 Å². The molecule has 2 rings (SSSR count). The van der Waals surface area contributed by atoms with E-state index in [4.69, 9.17) is 4.74 Å². The molecule has 0 bridgehead atoms. The van der Waals surface area contributed by atoms with Gasteiger partial charge in [-0.25, -0.2) is 4.99 Å². The fourth-order valence-corrected chi connectivity index (χ4v) is 2.81. The molecule has 0 atom stereocenters. The first kappa shape index (κ1) is 24.7. The molecule has 0 fully saturated rings. The number of ether oxygens (including phenoxy) is 1. The van der Waals surface area contributed by atoms with E-state index in [2.05, 4.69) is 39.1 Å². The van der Waals surface area contributed by atoms with Gasteiger partial charge in [-0.2, -0.15) is 0 Å². The number of aliphatic imine (C=N–C) groups is 1. The summed E-state index contributed by atoms with van der Waals surface area (Å²) in [5, 5.41) is 9.25. The number of benzene rings is 2. The Morgan fingerprint density at radius 2 is 1.90 bits per heavy atom. The molecular formula is C22H31IN4O2. The summed E-state index contributed by atoms with van der Waals surface area (Å²) in [6.45, 7) is 6.11. The Balaban J connectivity index is 0.00000420. The largest absolute Gasteiger partial charge is 0.496 e. The van der Waals surface area contributed by atoms with Crippen LogP contribution in [0, 0.1) is 6.92 Å². The summed E-state index contributed by atoms with van der Waals surface area (Å²) in [6, 6.07) is 13.8. The first-order chi connectivity index (χ1) is 13.6. The van der Waals surface area contributed by atoms with Gasteiger partial charge in [-0.05, 0) is 55.2 Å². The molecule has 0 saturated heterocycles. The number of hydrogen-bond acceptors (Lipinski definition) is 3. The fraction of sp³-hybridized carbons (Fsp3) is 0.364. The molecule has 0 aliphatic rings. The second-order valence-electron chi connectivity index (χ2n) is 6.46. The highest BCUT2D eigenvalue weighted by molar-refractivity contribution is 14.0. The molecule has 0 radical (unpaired) electrons. The van der Waals surface area contributed by atoms with Crippen molar-refractivity contribution in [3.63, 3.8) is 0 Å². The van der Waals surface area contributed by atoms with Crippen LogP contribution in [0.2, 0.25) is 0 Å². The van der Waals surface area contributed by atoms with Crippen LogP contribution in [0.4, 0.5) is 0 Å². The van der Waals surface area contributed by atoms with Crippen LogP contribution < -0.4 is 20.7 Å². The number of carbonyl (C=O) groups excluding carboxylic acids is 1. The molecule has 7 heteroatoms. The Morgan fingerprint density at radius 3 is 2.59 bits per heavy atom. The minimum absolute atomic E-state index is 0. The molecule has 3 N–H and O–H groups in total. The van der Waals surface area contributed by atoms with E-state index in [1.807, 2.05) is 32.0 Å². The maximum absolute atomic E-state index is 11.8. The van der Waals surface area contributed by atoms with Crippen LogP contribution in [0.25, 0.3) is 0 Å². The normalized spacial score (nSPS) is 10.7. The van der Waals surface area contributed by atoms with Gasteiger partial charge >= 0.3 is 0 Å². The molecule has 2 aromatic rings. The Bertz CT molecular complexity index is 824. The van der Waals surface area contributed by atoms with Crippen molar-refractivity contribution in [3.05, 3.63) is 64.7 Å². The van der Waals surface area contributed by atoms with Crippen LogP contribution in [0.5, 0.6) is 5.75 Å². The Morgan fingerprint density at radius 1 is 1.10 bits per heavy atom. The average molecular weight is 510 g/mol. The number of rotatable bonds is 8. The van der Waals surface area contributed by atoms with Gasteiger partial charge in [0.15, 0.2) is 5.96 Å². The third kappa shape index (κ3) is 7.92. The fourth-order valence-electron chi connectivity index (χ4n) is 2.81. The highest BCUT2D eigenvalue weighted by Gasteiger charge is 2.05. The first-order valence-electron chi connectivity index (χ1n) is 9.54. The van der Waals surface area contributed by atoms with Crippen molar-refractivity contribution in [2.75, 3.05) is 27.2 Å². The maximum Gasteiger partial charge on any atom is 0.251 e. The number of halogens is 1. The quantitative estimate of drug-likeness (QED) is 0.290. The zero-order chi connectivity index (χ0) is 20.4. The Labute approximate surface area is 190 Å². The van der Waals surface area contributed by atoms with E-state index < -0.39 is 0 Å². The van der Waals surface area contributed by atoms with Crippen LogP contribution in [0.15, 0.2) is 47.5 Å². The molecule has 0 aromatic heterocycles. The third-order valence-corrected chi connectivity index (χ3v) is 4.36. The lowest BCUT2D eigenvalue weighted by atomic mass is 10.1. The van der Waals surface area contributed by atoms with Gasteiger partial charge in [0.1, 0.15) is 5.75 Å². The molecule has 0 aliphatic carbocycles. The highest BCUT2D eigenvalue weighted by Crippen LogP contribution is 2.19. The number of nitrogens with zero attached hydrogens (tertiary/aromatic N) is 1. The van der Waals surface area contributed by atoms with Crippen LogP contribution >= 0.6 is 24.0 Å². The SMILES string of the molecule is CCNC(=NCc1cccc(C(=O)NC)c1)NCCc1ccc(C)c(OC)c1.I. The number of carbonyl (C=O) groups is 1. The van der Waals surface area contributed by atoms with Gasteiger partial charge < -0.3 is 20.7 Å². The molecular weight excluding hydrogens is 479 g/mol. The van der Waals surface area contributed by atoms with Crippen LogP contribution in [-0.4, -0.2) is 39.1 Å². The molecule has 29 heavy (non-hydrogen) atoms. The van der Waals surface area contributed by atoms with Gasteiger partial charge in [0.05, 0.1) is 13.7 Å². The lowest BCUT2D eigenvalue weighted by Gasteiger charge is -2.12. The molecule has 1 amide bonds. The summed E-state index contributed by atoms with van der Waals surface area (Å²) in [5.41, 5.74) is 3.97. The second kappa shape index (κ2) is 13.0. The Hall–Kier alpha value is -2.29. The molecule has 158 valence electrons. The van der Waals surface area contributed by atoms with E-state index >= 15 is 0 Å². The predicted octanol–water partition coefficient (Wildman–Crippen LogP) is 3.28. The van der Waals surface area contributed by atoms with Gasteiger partial charge in [-0.3, -0.25) is 4.79 Å². The summed E-state index contributed by atoms with van der Waals surface area (Å²) in [6.07, 6.45) is 0.868. The van der Waals surface area contributed by atoms with Crippen molar-refractivity contribution >= 4 is 35.8 Å². The van der Waals surface area contributed by atoms with E-state index in [0.29, 0.717) is 12.1 Å². The molecule has 6 nitrogen and oxygen atoms in total. The molecule has 0 unspecified atom stereocenters. The van der Waals surface area contributed by atoms with E-state index in [0.717, 1.165) is 42.3 Å². The zero-order valence-corrected chi connectivity index (χ0v) is 19.9. The lowest BCUT2D eigenvalue weighted by Crippen LogP contribution is -2.38. The van der Waals surface area contributed by atoms with Crippen LogP contribution in [0.1, 0.15) is 34.0 Å². The van der Waals surface area contributed by atoms with E-state index in [9.17, 15) is 4.79 Å². The number of aryl methyl sites for hydroxylation is 1. The van der Waals surface area contributed by atoms with Crippen molar-refractivity contribution in [1.82, 2.24) is 16.0 Å². The summed E-state index contributed by atoms with van der Waals surface area (Å²) >= 11 is 0. The molecule has 0 heterocycles. The first-order valence-corrected chi connectivity index (χ1v) is 9.54. The summed E-state index contributed by atoms with van der Waals surface area (Å²) in [4.78, 5) is 16.4. The number of nitrogens with one attached hydrogen (secondary N) is 3. The second-order valence-corrected chi connectivity index (χ2v) is 6.46. The monoisotopic (exact) mass is 510 g/mol. The summed E-state index contributed by atoms with van der Waals surface area (Å²) in [7, 11) is 3.32. The molecule has 0 saturated carbocycles. The van der Waals surface area contributed by atoms with Crippen LogP contribution in [-0.2, 0) is 13.0 Å².